The third-order valence-electron chi connectivity index (χ3n) is 1.61. The van der Waals surface area contributed by atoms with Crippen molar-refractivity contribution in [2.45, 2.75) is 6.10 Å². The molecule has 6 nitrogen and oxygen atoms in total. The van der Waals surface area contributed by atoms with Gasteiger partial charge < -0.3 is 15.4 Å². The van der Waals surface area contributed by atoms with Gasteiger partial charge in [-0.15, -0.1) is 11.3 Å². The van der Waals surface area contributed by atoms with Crippen LogP contribution in [0.3, 0.4) is 0 Å². The lowest BCUT2D eigenvalue weighted by Gasteiger charge is -1.97. The first-order valence-electron chi connectivity index (χ1n) is 3.91. The van der Waals surface area contributed by atoms with Crippen molar-refractivity contribution in [3.05, 3.63) is 16.8 Å². The van der Waals surface area contributed by atoms with Gasteiger partial charge in [0, 0.05) is 11.9 Å². The average molecular weight is 212 g/mol. The number of nitrogens with two attached hydrogens (primary N) is 1. The predicted octanol–water partition coefficient (Wildman–Crippen LogP) is 0.185. The Morgan fingerprint density at radius 2 is 2.50 bits per heavy atom. The molecule has 2 aromatic rings. The monoisotopic (exact) mass is 212 g/mol. The largest absolute Gasteiger partial charge is 0.382 e. The summed E-state index contributed by atoms with van der Waals surface area (Å²) in [5.41, 5.74) is 7.55. The quantitative estimate of drug-likeness (QED) is 0.753. The maximum absolute atomic E-state index is 9.30. The van der Waals surface area contributed by atoms with Gasteiger partial charge in [0.05, 0.1) is 5.51 Å². The SMILES string of the molecule is NC[C@H](O)c1nc(-c2cscn2)no1. The molecule has 0 radical (unpaired) electrons. The molecule has 1 atom stereocenters. The molecule has 0 saturated carbocycles. The average Bonchev–Trinajstić information content (AvgIpc) is 2.86. The summed E-state index contributed by atoms with van der Waals surface area (Å²) in [6.45, 7) is 0.0543. The van der Waals surface area contributed by atoms with E-state index >= 15 is 0 Å². The molecule has 0 amide bonds. The van der Waals surface area contributed by atoms with E-state index in [1.165, 1.54) is 11.3 Å². The Labute approximate surface area is 83.4 Å². The molecule has 0 unspecified atom stereocenters. The van der Waals surface area contributed by atoms with Crippen molar-refractivity contribution < 1.29 is 9.63 Å². The minimum atomic E-state index is -0.908. The molecule has 0 aliphatic carbocycles. The number of hydrogen-bond donors (Lipinski definition) is 2. The van der Waals surface area contributed by atoms with Gasteiger partial charge in [0.25, 0.3) is 5.89 Å². The summed E-state index contributed by atoms with van der Waals surface area (Å²) >= 11 is 1.44. The molecular weight excluding hydrogens is 204 g/mol. The number of nitrogens with zero attached hydrogens (tertiary/aromatic N) is 3. The highest BCUT2D eigenvalue weighted by Crippen LogP contribution is 2.17. The van der Waals surface area contributed by atoms with E-state index in [4.69, 9.17) is 10.3 Å². The van der Waals surface area contributed by atoms with Crippen LogP contribution in [-0.2, 0) is 0 Å². The minimum Gasteiger partial charge on any atom is -0.382 e. The van der Waals surface area contributed by atoms with Gasteiger partial charge in [-0.05, 0) is 0 Å². The molecule has 0 bridgehead atoms. The van der Waals surface area contributed by atoms with Crippen LogP contribution in [0.1, 0.15) is 12.0 Å². The molecule has 2 aromatic heterocycles. The van der Waals surface area contributed by atoms with Gasteiger partial charge in [0.15, 0.2) is 0 Å². The molecule has 0 fully saturated rings. The van der Waals surface area contributed by atoms with Gasteiger partial charge in [0.2, 0.25) is 5.82 Å². The normalized spacial score (nSPS) is 13.0. The van der Waals surface area contributed by atoms with Crippen LogP contribution < -0.4 is 5.73 Å². The maximum Gasteiger partial charge on any atom is 0.257 e. The summed E-state index contributed by atoms with van der Waals surface area (Å²) in [4.78, 5) is 7.97. The third-order valence-corrected chi connectivity index (χ3v) is 2.20. The van der Waals surface area contributed by atoms with E-state index in [1.54, 1.807) is 10.9 Å². The highest BCUT2D eigenvalue weighted by molar-refractivity contribution is 7.07. The fourth-order valence-electron chi connectivity index (χ4n) is 0.898. The zero-order valence-corrected chi connectivity index (χ0v) is 7.94. The Morgan fingerprint density at radius 1 is 1.64 bits per heavy atom. The summed E-state index contributed by atoms with van der Waals surface area (Å²) in [5, 5.41) is 14.8. The molecular formula is C7H8N4O2S. The molecule has 0 aromatic carbocycles. The zero-order valence-electron chi connectivity index (χ0n) is 7.12. The highest BCUT2D eigenvalue weighted by Gasteiger charge is 2.15. The van der Waals surface area contributed by atoms with Crippen LogP contribution in [0, 0.1) is 0 Å². The minimum absolute atomic E-state index is 0.0543. The standard InChI is InChI=1S/C7H8N4O2S/c8-1-5(12)7-10-6(11-13-7)4-2-14-3-9-4/h2-3,5,12H,1,8H2/t5-/m0/s1. The summed E-state index contributed by atoms with van der Waals surface area (Å²) in [5.74, 6) is 0.490. The van der Waals surface area contributed by atoms with Crippen LogP contribution in [0.4, 0.5) is 0 Å². The van der Waals surface area contributed by atoms with Crippen molar-refractivity contribution in [2.75, 3.05) is 6.54 Å². The van der Waals surface area contributed by atoms with Crippen molar-refractivity contribution in [1.82, 2.24) is 15.1 Å². The van der Waals surface area contributed by atoms with Crippen LogP contribution in [0.2, 0.25) is 0 Å². The molecule has 2 rings (SSSR count). The van der Waals surface area contributed by atoms with Crippen molar-refractivity contribution in [1.29, 1.82) is 0 Å². The van der Waals surface area contributed by atoms with Crippen molar-refractivity contribution in [3.8, 4) is 11.5 Å². The van der Waals surface area contributed by atoms with Crippen LogP contribution in [-0.4, -0.2) is 26.8 Å². The Hall–Kier alpha value is -1.31. The summed E-state index contributed by atoms with van der Waals surface area (Å²) in [6, 6.07) is 0. The van der Waals surface area contributed by atoms with Crippen LogP contribution in [0.15, 0.2) is 15.4 Å². The van der Waals surface area contributed by atoms with E-state index < -0.39 is 6.10 Å². The second-order valence-electron chi connectivity index (χ2n) is 2.58. The first-order valence-corrected chi connectivity index (χ1v) is 4.86. The lowest BCUT2D eigenvalue weighted by atomic mass is 10.3. The molecule has 74 valence electrons. The van der Waals surface area contributed by atoms with E-state index in [0.717, 1.165) is 0 Å². The zero-order chi connectivity index (χ0) is 9.97. The van der Waals surface area contributed by atoms with Gasteiger partial charge in [-0.3, -0.25) is 0 Å². The molecule has 0 spiro atoms. The van der Waals surface area contributed by atoms with Crippen molar-refractivity contribution >= 4 is 11.3 Å². The van der Waals surface area contributed by atoms with Gasteiger partial charge >= 0.3 is 0 Å². The smallest absolute Gasteiger partial charge is 0.257 e. The van der Waals surface area contributed by atoms with Crippen LogP contribution >= 0.6 is 11.3 Å². The van der Waals surface area contributed by atoms with E-state index in [2.05, 4.69) is 15.1 Å². The van der Waals surface area contributed by atoms with Crippen LogP contribution in [0.5, 0.6) is 0 Å². The maximum atomic E-state index is 9.30. The van der Waals surface area contributed by atoms with Gasteiger partial charge in [0.1, 0.15) is 11.8 Å². The van der Waals surface area contributed by atoms with Gasteiger partial charge in [-0.2, -0.15) is 4.98 Å². The predicted molar refractivity (Wildman–Crippen MR) is 49.4 cm³/mol. The molecule has 3 N–H and O–H groups in total. The van der Waals surface area contributed by atoms with E-state index in [-0.39, 0.29) is 12.4 Å². The fourth-order valence-corrected chi connectivity index (χ4v) is 1.43. The fraction of sp³-hybridized carbons (Fsp3) is 0.286. The lowest BCUT2D eigenvalue weighted by Crippen LogP contribution is -2.11. The number of aliphatic hydroxyl groups is 1. The van der Waals surface area contributed by atoms with E-state index in [0.29, 0.717) is 11.5 Å². The molecule has 7 heteroatoms. The summed E-state index contributed by atoms with van der Waals surface area (Å²) in [6.07, 6.45) is -0.908. The van der Waals surface area contributed by atoms with Gasteiger partial charge in [-0.1, -0.05) is 5.16 Å². The Kier molecular flexibility index (Phi) is 2.53. The number of thiazole rings is 1. The lowest BCUT2D eigenvalue weighted by molar-refractivity contribution is 0.141. The summed E-state index contributed by atoms with van der Waals surface area (Å²) in [7, 11) is 0. The number of rotatable bonds is 3. The Bertz CT molecular complexity index is 399. The number of hydrogen-bond acceptors (Lipinski definition) is 7. The Balaban J connectivity index is 2.26. The second-order valence-corrected chi connectivity index (χ2v) is 3.30. The van der Waals surface area contributed by atoms with E-state index in [9.17, 15) is 5.11 Å². The first kappa shape index (κ1) is 9.25. The highest BCUT2D eigenvalue weighted by atomic mass is 32.1. The van der Waals surface area contributed by atoms with E-state index in [1.807, 2.05) is 0 Å². The molecule has 2 heterocycles. The second kappa shape index (κ2) is 3.82. The molecule has 14 heavy (non-hydrogen) atoms. The first-order chi connectivity index (χ1) is 6.81. The van der Waals surface area contributed by atoms with Crippen molar-refractivity contribution in [3.63, 3.8) is 0 Å². The van der Waals surface area contributed by atoms with Crippen molar-refractivity contribution in [2.24, 2.45) is 5.73 Å². The number of aliphatic hydroxyl groups excluding tert-OH is 1. The van der Waals surface area contributed by atoms with Crippen LogP contribution in [0.25, 0.3) is 11.5 Å². The topological polar surface area (TPSA) is 98.1 Å². The number of aromatic nitrogens is 3. The third kappa shape index (κ3) is 1.65. The van der Waals surface area contributed by atoms with Gasteiger partial charge in [-0.25, -0.2) is 4.98 Å². The molecule has 0 aliphatic rings. The molecule has 0 aliphatic heterocycles. The summed E-state index contributed by atoms with van der Waals surface area (Å²) < 4.78 is 4.81. The Morgan fingerprint density at radius 3 is 3.14 bits per heavy atom. The molecule has 0 saturated heterocycles.